The molecule has 0 amide bonds. The Labute approximate surface area is 138 Å². The van der Waals surface area contributed by atoms with Crippen molar-refractivity contribution in [3.63, 3.8) is 0 Å². The summed E-state index contributed by atoms with van der Waals surface area (Å²) in [7, 11) is 0. The minimum absolute atomic E-state index is 0.00951. The largest absolute Gasteiger partial charge is 0.466 e. The Kier molecular flexibility index (Phi) is 6.20. The summed E-state index contributed by atoms with van der Waals surface area (Å²) in [4.78, 5) is 17.7. The zero-order valence-electron chi connectivity index (χ0n) is 14.4. The number of oxime groups is 1. The van der Waals surface area contributed by atoms with E-state index >= 15 is 0 Å². The van der Waals surface area contributed by atoms with Crippen LogP contribution in [-0.2, 0) is 14.4 Å². The lowest BCUT2D eigenvalue weighted by Crippen LogP contribution is -2.35. The van der Waals surface area contributed by atoms with Crippen LogP contribution in [0.2, 0.25) is 0 Å². The molecule has 0 saturated heterocycles. The molecule has 4 heteroatoms. The van der Waals surface area contributed by atoms with Gasteiger partial charge in [-0.15, -0.1) is 0 Å². The summed E-state index contributed by atoms with van der Waals surface area (Å²) in [6, 6.07) is 0. The fourth-order valence-corrected chi connectivity index (χ4v) is 2.89. The van der Waals surface area contributed by atoms with Crippen molar-refractivity contribution in [3.05, 3.63) is 36.0 Å². The third kappa shape index (κ3) is 5.08. The molecule has 2 aliphatic carbocycles. The number of carbonyl (C=O) groups is 1. The normalized spacial score (nSPS) is 28.0. The van der Waals surface area contributed by atoms with Crippen LogP contribution >= 0.6 is 0 Å². The summed E-state index contributed by atoms with van der Waals surface area (Å²) < 4.78 is 5.11. The molecule has 0 heterocycles. The molecule has 0 aromatic heterocycles. The maximum absolute atomic E-state index is 11.8. The minimum Gasteiger partial charge on any atom is -0.466 e. The van der Waals surface area contributed by atoms with Gasteiger partial charge in [0.25, 0.3) is 0 Å². The first-order chi connectivity index (χ1) is 11.0. The van der Waals surface area contributed by atoms with E-state index < -0.39 is 0 Å². The molecule has 2 aliphatic rings. The summed E-state index contributed by atoms with van der Waals surface area (Å²) in [6.07, 6.45) is 14.5. The van der Waals surface area contributed by atoms with Crippen molar-refractivity contribution in [2.24, 2.45) is 11.1 Å². The van der Waals surface area contributed by atoms with Gasteiger partial charge in [0.2, 0.25) is 0 Å². The number of allylic oxidation sites excluding steroid dienone is 6. The smallest absolute Gasteiger partial charge is 0.308 e. The van der Waals surface area contributed by atoms with E-state index in [1.165, 1.54) is 0 Å². The lowest BCUT2D eigenvalue weighted by atomic mass is 9.80. The van der Waals surface area contributed by atoms with Gasteiger partial charge < -0.3 is 9.57 Å². The highest BCUT2D eigenvalue weighted by Crippen LogP contribution is 2.35. The molecule has 23 heavy (non-hydrogen) atoms. The molecule has 2 rings (SSSR count). The zero-order chi connectivity index (χ0) is 16.7. The molecular formula is C19H27NO3. The number of hydrogen-bond acceptors (Lipinski definition) is 4. The van der Waals surface area contributed by atoms with Gasteiger partial charge in [0.05, 0.1) is 18.2 Å². The maximum Gasteiger partial charge on any atom is 0.308 e. The predicted molar refractivity (Wildman–Crippen MR) is 92.2 cm³/mol. The summed E-state index contributed by atoms with van der Waals surface area (Å²) >= 11 is 0. The summed E-state index contributed by atoms with van der Waals surface area (Å²) in [6.45, 7) is 6.33. The summed E-state index contributed by atoms with van der Waals surface area (Å²) in [5.74, 6) is -0.0641. The molecule has 0 aromatic rings. The van der Waals surface area contributed by atoms with E-state index in [0.29, 0.717) is 6.61 Å². The molecule has 1 saturated carbocycles. The van der Waals surface area contributed by atoms with Crippen molar-refractivity contribution >= 4 is 11.7 Å². The Morgan fingerprint density at radius 3 is 2.78 bits per heavy atom. The minimum atomic E-state index is -0.294. The Hall–Kier alpha value is -1.84. The van der Waals surface area contributed by atoms with E-state index in [-0.39, 0.29) is 17.5 Å². The summed E-state index contributed by atoms with van der Waals surface area (Å²) in [5, 5.41) is 4.34. The number of carbonyl (C=O) groups excluding carboxylic acids is 1. The molecule has 4 nitrogen and oxygen atoms in total. The van der Waals surface area contributed by atoms with Gasteiger partial charge in [0.1, 0.15) is 5.60 Å². The van der Waals surface area contributed by atoms with Crippen LogP contribution in [0.1, 0.15) is 52.9 Å². The second kappa shape index (κ2) is 8.14. The van der Waals surface area contributed by atoms with E-state index in [0.717, 1.165) is 43.4 Å². The number of hydrogen-bond donors (Lipinski definition) is 0. The molecule has 1 fully saturated rings. The number of ether oxygens (including phenoxy) is 1. The van der Waals surface area contributed by atoms with Crippen molar-refractivity contribution < 1.29 is 14.4 Å². The first-order valence-electron chi connectivity index (χ1n) is 8.47. The van der Waals surface area contributed by atoms with Crippen LogP contribution in [-0.4, -0.2) is 23.9 Å². The van der Waals surface area contributed by atoms with Gasteiger partial charge in [-0.05, 0) is 58.4 Å². The second-order valence-electron chi connectivity index (χ2n) is 6.43. The van der Waals surface area contributed by atoms with E-state index in [1.54, 1.807) is 0 Å². The molecule has 0 spiro atoms. The topological polar surface area (TPSA) is 47.9 Å². The average molecular weight is 317 g/mol. The van der Waals surface area contributed by atoms with Gasteiger partial charge in [-0.3, -0.25) is 4.79 Å². The molecule has 0 aliphatic heterocycles. The third-order valence-corrected chi connectivity index (χ3v) is 4.48. The highest BCUT2D eigenvalue weighted by Gasteiger charge is 2.36. The van der Waals surface area contributed by atoms with Gasteiger partial charge in [-0.1, -0.05) is 35.5 Å². The average Bonchev–Trinajstić information content (AvgIpc) is 2.83. The third-order valence-electron chi connectivity index (χ3n) is 4.48. The first kappa shape index (κ1) is 17.5. The number of esters is 1. The fraction of sp³-hybridized carbons (Fsp3) is 0.579. The van der Waals surface area contributed by atoms with Crippen LogP contribution in [0, 0.1) is 5.92 Å². The predicted octanol–water partition coefficient (Wildman–Crippen LogP) is 4.33. The van der Waals surface area contributed by atoms with Crippen molar-refractivity contribution in [1.29, 1.82) is 0 Å². The van der Waals surface area contributed by atoms with E-state index in [9.17, 15) is 4.79 Å². The quantitative estimate of drug-likeness (QED) is 0.431. The molecule has 0 N–H and O–H groups in total. The highest BCUT2D eigenvalue weighted by molar-refractivity contribution is 6.00. The van der Waals surface area contributed by atoms with E-state index in [1.807, 2.05) is 32.1 Å². The van der Waals surface area contributed by atoms with E-state index in [4.69, 9.17) is 9.57 Å². The van der Waals surface area contributed by atoms with Crippen molar-refractivity contribution in [1.82, 2.24) is 0 Å². The van der Waals surface area contributed by atoms with Crippen molar-refractivity contribution in [3.8, 4) is 0 Å². The zero-order valence-corrected chi connectivity index (χ0v) is 14.4. The van der Waals surface area contributed by atoms with E-state index in [2.05, 4.69) is 24.2 Å². The van der Waals surface area contributed by atoms with Gasteiger partial charge >= 0.3 is 5.97 Å². The first-order valence-corrected chi connectivity index (χ1v) is 8.47. The number of nitrogens with zero attached hydrogens (tertiary/aromatic N) is 1. The van der Waals surface area contributed by atoms with Crippen molar-refractivity contribution in [2.75, 3.05) is 6.61 Å². The molecule has 0 unspecified atom stereocenters. The van der Waals surface area contributed by atoms with Crippen LogP contribution in [0.15, 0.2) is 41.1 Å². The van der Waals surface area contributed by atoms with Crippen molar-refractivity contribution in [2.45, 2.75) is 58.5 Å². The molecule has 0 atom stereocenters. The van der Waals surface area contributed by atoms with Crippen LogP contribution < -0.4 is 0 Å². The van der Waals surface area contributed by atoms with Gasteiger partial charge in [0, 0.05) is 0 Å². The van der Waals surface area contributed by atoms with Gasteiger partial charge in [-0.25, -0.2) is 0 Å². The van der Waals surface area contributed by atoms with Gasteiger partial charge in [-0.2, -0.15) is 0 Å². The standard InChI is InChI=1S/C19H27NO3/c1-4-22-18(21)17-11-13-19(3,14-12-17)23-20-15(2)16-9-7-5-6-8-10-16/h5-7,9-10,17H,4,8,11-14H2,1-3H3/b20-15+. The van der Waals surface area contributed by atoms with Crippen LogP contribution in [0.3, 0.4) is 0 Å². The lowest BCUT2D eigenvalue weighted by molar-refractivity contribution is -0.152. The highest BCUT2D eigenvalue weighted by atomic mass is 16.6. The Morgan fingerprint density at radius 1 is 1.35 bits per heavy atom. The van der Waals surface area contributed by atoms with Crippen LogP contribution in [0.4, 0.5) is 0 Å². The van der Waals surface area contributed by atoms with Gasteiger partial charge in [0.15, 0.2) is 0 Å². The summed E-state index contributed by atoms with van der Waals surface area (Å²) in [5.41, 5.74) is 1.69. The molecule has 126 valence electrons. The molecule has 0 bridgehead atoms. The Balaban J connectivity index is 1.89. The van der Waals surface area contributed by atoms with Crippen LogP contribution in [0.25, 0.3) is 0 Å². The fourth-order valence-electron chi connectivity index (χ4n) is 2.89. The molecular weight excluding hydrogens is 290 g/mol. The SMILES string of the molecule is CCOC(=O)C1CCC(C)(O/N=C(\C)C2=CCC=CC=C2)CC1. The molecule has 0 radical (unpaired) electrons. The monoisotopic (exact) mass is 317 g/mol. The molecule has 0 aromatic carbocycles. The van der Waals surface area contributed by atoms with Crippen LogP contribution in [0.5, 0.6) is 0 Å². The Morgan fingerprint density at radius 2 is 2.09 bits per heavy atom. The Bertz CT molecular complexity index is 535. The second-order valence-corrected chi connectivity index (χ2v) is 6.43. The number of rotatable bonds is 5. The maximum atomic E-state index is 11.8. The lowest BCUT2D eigenvalue weighted by Gasteiger charge is -2.34.